The molecule has 0 fully saturated rings. The molecule has 0 spiro atoms. The summed E-state index contributed by atoms with van der Waals surface area (Å²) in [5, 5.41) is 1.83. The van der Waals surface area contributed by atoms with Crippen molar-refractivity contribution in [1.29, 1.82) is 0 Å². The van der Waals surface area contributed by atoms with Gasteiger partial charge in [0.15, 0.2) is 0 Å². The highest BCUT2D eigenvalue weighted by atomic mass is 35.5. The van der Waals surface area contributed by atoms with Crippen molar-refractivity contribution in [3.05, 3.63) is 98.8 Å². The molecule has 0 saturated heterocycles. The Hall–Kier alpha value is -2.62. The van der Waals surface area contributed by atoms with E-state index >= 15 is 0 Å². The summed E-state index contributed by atoms with van der Waals surface area (Å²) < 4.78 is 1.66. The van der Waals surface area contributed by atoms with Gasteiger partial charge in [-0.05, 0) is 48.0 Å². The zero-order chi connectivity index (χ0) is 18.1. The SMILES string of the molecule is O=c1c2ccccc2nc(-c2ccc(Cl)cc2)n1Cc1ccccc1Cl. The molecule has 4 rings (SSSR count). The number of benzene rings is 3. The minimum Gasteiger partial charge on any atom is -0.288 e. The predicted octanol–water partition coefficient (Wildman–Crippen LogP) is 5.42. The van der Waals surface area contributed by atoms with E-state index in [2.05, 4.69) is 0 Å². The fourth-order valence-electron chi connectivity index (χ4n) is 2.93. The predicted molar refractivity (Wildman–Crippen MR) is 107 cm³/mol. The summed E-state index contributed by atoms with van der Waals surface area (Å²) in [6, 6.07) is 22.2. The summed E-state index contributed by atoms with van der Waals surface area (Å²) in [5.74, 6) is 0.588. The third-order valence-electron chi connectivity index (χ3n) is 4.25. The Labute approximate surface area is 160 Å². The van der Waals surface area contributed by atoms with Crippen molar-refractivity contribution >= 4 is 34.1 Å². The first-order valence-electron chi connectivity index (χ1n) is 8.12. The Bertz CT molecular complexity index is 1150. The van der Waals surface area contributed by atoms with Gasteiger partial charge in [-0.3, -0.25) is 9.36 Å². The number of fused-ring (bicyclic) bond motifs is 1. The van der Waals surface area contributed by atoms with Gasteiger partial charge in [0, 0.05) is 15.6 Å². The number of para-hydroxylation sites is 1. The molecule has 0 bridgehead atoms. The lowest BCUT2D eigenvalue weighted by Crippen LogP contribution is -2.24. The average molecular weight is 381 g/mol. The maximum absolute atomic E-state index is 13.2. The fourth-order valence-corrected chi connectivity index (χ4v) is 3.25. The lowest BCUT2D eigenvalue weighted by atomic mass is 10.1. The number of rotatable bonds is 3. The topological polar surface area (TPSA) is 34.9 Å². The summed E-state index contributed by atoms with van der Waals surface area (Å²) >= 11 is 12.3. The van der Waals surface area contributed by atoms with Crippen molar-refractivity contribution < 1.29 is 0 Å². The van der Waals surface area contributed by atoms with E-state index in [0.717, 1.165) is 11.1 Å². The number of halogens is 2. The van der Waals surface area contributed by atoms with Gasteiger partial charge in [0.1, 0.15) is 5.82 Å². The average Bonchev–Trinajstić information content (AvgIpc) is 2.66. The van der Waals surface area contributed by atoms with Gasteiger partial charge in [0.05, 0.1) is 17.4 Å². The standard InChI is InChI=1S/C21H14Cl2N2O/c22-16-11-9-14(10-12-16)20-24-19-8-4-2-6-17(19)21(26)25(20)13-15-5-1-3-7-18(15)23/h1-12H,13H2. The van der Waals surface area contributed by atoms with Crippen molar-refractivity contribution in [2.24, 2.45) is 0 Å². The Morgan fingerprint density at radius 1 is 0.846 bits per heavy atom. The zero-order valence-electron chi connectivity index (χ0n) is 13.7. The van der Waals surface area contributed by atoms with Crippen LogP contribution in [0.1, 0.15) is 5.56 Å². The van der Waals surface area contributed by atoms with E-state index in [4.69, 9.17) is 28.2 Å². The van der Waals surface area contributed by atoms with Crippen molar-refractivity contribution in [1.82, 2.24) is 9.55 Å². The van der Waals surface area contributed by atoms with Gasteiger partial charge in [-0.25, -0.2) is 4.98 Å². The van der Waals surface area contributed by atoms with Crippen LogP contribution in [0.25, 0.3) is 22.3 Å². The van der Waals surface area contributed by atoms with Gasteiger partial charge in [-0.15, -0.1) is 0 Å². The molecule has 0 radical (unpaired) electrons. The van der Waals surface area contributed by atoms with Gasteiger partial charge in [0.2, 0.25) is 0 Å². The second kappa shape index (κ2) is 6.94. The van der Waals surface area contributed by atoms with Crippen LogP contribution in [0.4, 0.5) is 0 Å². The molecule has 4 aromatic rings. The molecular weight excluding hydrogens is 367 g/mol. The molecule has 3 aromatic carbocycles. The normalized spacial score (nSPS) is 11.0. The Morgan fingerprint density at radius 3 is 2.31 bits per heavy atom. The summed E-state index contributed by atoms with van der Waals surface area (Å²) in [6.07, 6.45) is 0. The molecule has 1 heterocycles. The van der Waals surface area contributed by atoms with Crippen LogP contribution >= 0.6 is 23.2 Å². The first-order chi connectivity index (χ1) is 12.6. The molecule has 0 unspecified atom stereocenters. The highest BCUT2D eigenvalue weighted by molar-refractivity contribution is 6.31. The fraction of sp³-hybridized carbons (Fsp3) is 0.0476. The third-order valence-corrected chi connectivity index (χ3v) is 4.87. The highest BCUT2D eigenvalue weighted by Crippen LogP contribution is 2.23. The Balaban J connectivity index is 1.98. The van der Waals surface area contributed by atoms with Crippen LogP contribution in [0.5, 0.6) is 0 Å². The summed E-state index contributed by atoms with van der Waals surface area (Å²) in [7, 11) is 0. The summed E-state index contributed by atoms with van der Waals surface area (Å²) in [4.78, 5) is 17.9. The van der Waals surface area contributed by atoms with E-state index in [1.807, 2.05) is 54.6 Å². The van der Waals surface area contributed by atoms with Crippen LogP contribution in [0.3, 0.4) is 0 Å². The monoisotopic (exact) mass is 380 g/mol. The summed E-state index contributed by atoms with van der Waals surface area (Å²) in [5.41, 5.74) is 2.26. The Morgan fingerprint density at radius 2 is 1.54 bits per heavy atom. The first-order valence-corrected chi connectivity index (χ1v) is 8.88. The molecule has 0 aliphatic carbocycles. The molecule has 3 nitrogen and oxygen atoms in total. The molecular formula is C21H14Cl2N2O. The quantitative estimate of drug-likeness (QED) is 0.475. The molecule has 0 aliphatic rings. The molecule has 128 valence electrons. The van der Waals surface area contributed by atoms with Crippen LogP contribution < -0.4 is 5.56 Å². The first kappa shape index (κ1) is 16.8. The maximum Gasteiger partial charge on any atom is 0.261 e. The van der Waals surface area contributed by atoms with Gasteiger partial charge in [-0.1, -0.05) is 53.5 Å². The van der Waals surface area contributed by atoms with Crippen LogP contribution in [0, 0.1) is 0 Å². The maximum atomic E-state index is 13.2. The smallest absolute Gasteiger partial charge is 0.261 e. The van der Waals surface area contributed by atoms with Crippen molar-refractivity contribution in [3.8, 4) is 11.4 Å². The molecule has 0 N–H and O–H groups in total. The van der Waals surface area contributed by atoms with Crippen LogP contribution in [0.2, 0.25) is 10.0 Å². The minimum atomic E-state index is -0.0968. The van der Waals surface area contributed by atoms with E-state index in [0.29, 0.717) is 33.3 Å². The molecule has 5 heteroatoms. The van der Waals surface area contributed by atoms with Crippen molar-refractivity contribution in [2.45, 2.75) is 6.54 Å². The van der Waals surface area contributed by atoms with E-state index in [9.17, 15) is 4.79 Å². The molecule has 0 atom stereocenters. The van der Waals surface area contributed by atoms with Crippen LogP contribution in [-0.4, -0.2) is 9.55 Å². The lowest BCUT2D eigenvalue weighted by molar-refractivity contribution is 0.759. The summed E-state index contributed by atoms with van der Waals surface area (Å²) in [6.45, 7) is 0.342. The van der Waals surface area contributed by atoms with Gasteiger partial charge < -0.3 is 0 Å². The van der Waals surface area contributed by atoms with Crippen LogP contribution in [-0.2, 0) is 6.54 Å². The third kappa shape index (κ3) is 3.12. The van der Waals surface area contributed by atoms with Gasteiger partial charge >= 0.3 is 0 Å². The molecule has 1 aromatic heterocycles. The number of nitrogens with zero attached hydrogens (tertiary/aromatic N) is 2. The lowest BCUT2D eigenvalue weighted by Gasteiger charge is -2.14. The van der Waals surface area contributed by atoms with Crippen LogP contribution in [0.15, 0.2) is 77.6 Å². The number of aromatic nitrogens is 2. The van der Waals surface area contributed by atoms with Crippen molar-refractivity contribution in [2.75, 3.05) is 0 Å². The molecule has 26 heavy (non-hydrogen) atoms. The van der Waals surface area contributed by atoms with E-state index in [1.54, 1.807) is 22.8 Å². The molecule has 0 aliphatic heterocycles. The number of hydrogen-bond donors (Lipinski definition) is 0. The number of hydrogen-bond acceptors (Lipinski definition) is 2. The zero-order valence-corrected chi connectivity index (χ0v) is 15.2. The second-order valence-electron chi connectivity index (χ2n) is 5.94. The minimum absolute atomic E-state index is 0.0968. The van der Waals surface area contributed by atoms with E-state index < -0.39 is 0 Å². The van der Waals surface area contributed by atoms with E-state index in [1.165, 1.54) is 0 Å². The second-order valence-corrected chi connectivity index (χ2v) is 6.79. The van der Waals surface area contributed by atoms with E-state index in [-0.39, 0.29) is 5.56 Å². The Kier molecular flexibility index (Phi) is 4.49. The largest absolute Gasteiger partial charge is 0.288 e. The molecule has 0 amide bonds. The van der Waals surface area contributed by atoms with Gasteiger partial charge in [0.25, 0.3) is 5.56 Å². The van der Waals surface area contributed by atoms with Gasteiger partial charge in [-0.2, -0.15) is 0 Å². The van der Waals surface area contributed by atoms with Crippen molar-refractivity contribution in [3.63, 3.8) is 0 Å². The highest BCUT2D eigenvalue weighted by Gasteiger charge is 2.14. The molecule has 0 saturated carbocycles.